The Hall–Kier alpha value is -2.39. The van der Waals surface area contributed by atoms with Gasteiger partial charge in [0.05, 0.1) is 23.1 Å². The molecule has 0 unspecified atom stereocenters. The van der Waals surface area contributed by atoms with Crippen molar-refractivity contribution in [2.45, 2.75) is 18.7 Å². The Morgan fingerprint density at radius 2 is 1.87 bits per heavy atom. The first-order valence-corrected chi connectivity index (χ1v) is 11.3. The SMILES string of the molecule is Cc1ccc(NC(=O)c2oc3c(Cl)cccc3c2C)cc1S(=O)(=O)N1CCOCC1. The van der Waals surface area contributed by atoms with Crippen molar-refractivity contribution in [1.82, 2.24) is 4.31 Å². The third kappa shape index (κ3) is 3.72. The zero-order valence-electron chi connectivity index (χ0n) is 16.6. The van der Waals surface area contributed by atoms with Crippen molar-refractivity contribution in [1.29, 1.82) is 0 Å². The van der Waals surface area contributed by atoms with Crippen LogP contribution in [0.4, 0.5) is 5.69 Å². The van der Waals surface area contributed by atoms with Crippen LogP contribution >= 0.6 is 11.6 Å². The summed E-state index contributed by atoms with van der Waals surface area (Å²) in [6, 6.07) is 10.1. The number of carbonyl (C=O) groups is 1. The Balaban J connectivity index is 1.64. The average Bonchev–Trinajstić information content (AvgIpc) is 3.08. The average molecular weight is 449 g/mol. The summed E-state index contributed by atoms with van der Waals surface area (Å²) in [6.07, 6.45) is 0. The molecule has 1 aliphatic rings. The maximum atomic E-state index is 13.0. The summed E-state index contributed by atoms with van der Waals surface area (Å²) in [5.74, 6) is -0.338. The minimum atomic E-state index is -3.69. The van der Waals surface area contributed by atoms with Gasteiger partial charge in [-0.05, 0) is 37.6 Å². The molecule has 2 aromatic carbocycles. The van der Waals surface area contributed by atoms with Crippen LogP contribution in [-0.2, 0) is 14.8 Å². The molecule has 1 aliphatic heterocycles. The lowest BCUT2D eigenvalue weighted by Gasteiger charge is -2.26. The molecule has 0 atom stereocenters. The Labute approximate surface area is 179 Å². The van der Waals surface area contributed by atoms with Gasteiger partial charge in [0.25, 0.3) is 5.91 Å². The number of carbonyl (C=O) groups excluding carboxylic acids is 1. The molecule has 1 saturated heterocycles. The number of rotatable bonds is 4. The third-order valence-electron chi connectivity index (χ3n) is 5.16. The normalized spacial score (nSPS) is 15.4. The minimum absolute atomic E-state index is 0.135. The van der Waals surface area contributed by atoms with Crippen molar-refractivity contribution < 1.29 is 22.4 Å². The second-order valence-corrected chi connectivity index (χ2v) is 9.44. The second-order valence-electron chi connectivity index (χ2n) is 7.12. The molecule has 1 N–H and O–H groups in total. The lowest BCUT2D eigenvalue weighted by molar-refractivity contribution is 0.0730. The number of hydrogen-bond acceptors (Lipinski definition) is 5. The van der Waals surface area contributed by atoms with Crippen LogP contribution in [0.3, 0.4) is 0 Å². The highest BCUT2D eigenvalue weighted by Crippen LogP contribution is 2.31. The lowest BCUT2D eigenvalue weighted by Crippen LogP contribution is -2.40. The lowest BCUT2D eigenvalue weighted by atomic mass is 10.1. The quantitative estimate of drug-likeness (QED) is 0.652. The Kier molecular flexibility index (Phi) is 5.59. The topological polar surface area (TPSA) is 88.8 Å². The first-order chi connectivity index (χ1) is 14.3. The van der Waals surface area contributed by atoms with Crippen molar-refractivity contribution in [3.63, 3.8) is 0 Å². The van der Waals surface area contributed by atoms with Crippen LogP contribution in [0.15, 0.2) is 45.7 Å². The van der Waals surface area contributed by atoms with E-state index in [1.807, 2.05) is 6.07 Å². The first-order valence-electron chi connectivity index (χ1n) is 9.46. The Morgan fingerprint density at radius 1 is 1.13 bits per heavy atom. The van der Waals surface area contributed by atoms with Crippen molar-refractivity contribution in [3.8, 4) is 0 Å². The van der Waals surface area contributed by atoms with Crippen LogP contribution in [0, 0.1) is 13.8 Å². The highest BCUT2D eigenvalue weighted by Gasteiger charge is 2.28. The van der Waals surface area contributed by atoms with E-state index in [0.717, 1.165) is 5.39 Å². The number of para-hydroxylation sites is 1. The largest absolute Gasteiger partial charge is 0.449 e. The molecule has 0 aliphatic carbocycles. The molecule has 1 aromatic heterocycles. The molecule has 0 saturated carbocycles. The summed E-state index contributed by atoms with van der Waals surface area (Å²) in [5.41, 5.74) is 2.08. The van der Waals surface area contributed by atoms with Gasteiger partial charge < -0.3 is 14.5 Å². The van der Waals surface area contributed by atoms with Crippen molar-refractivity contribution in [2.24, 2.45) is 0 Å². The van der Waals surface area contributed by atoms with Crippen LogP contribution < -0.4 is 5.32 Å². The van der Waals surface area contributed by atoms with Crippen molar-refractivity contribution >= 4 is 44.2 Å². The van der Waals surface area contributed by atoms with Crippen LogP contribution in [0.5, 0.6) is 0 Å². The van der Waals surface area contributed by atoms with Crippen molar-refractivity contribution in [2.75, 3.05) is 31.6 Å². The second kappa shape index (κ2) is 8.03. The van der Waals surface area contributed by atoms with Gasteiger partial charge in [0.2, 0.25) is 10.0 Å². The molecule has 0 bridgehead atoms. The molecular weight excluding hydrogens is 428 g/mol. The van der Waals surface area contributed by atoms with Crippen LogP contribution in [0.25, 0.3) is 11.0 Å². The number of anilines is 1. The zero-order chi connectivity index (χ0) is 21.5. The summed E-state index contributed by atoms with van der Waals surface area (Å²) < 4.78 is 38.4. The Morgan fingerprint density at radius 3 is 2.57 bits per heavy atom. The van der Waals surface area contributed by atoms with Crippen LogP contribution in [0.2, 0.25) is 5.02 Å². The molecule has 158 valence electrons. The van der Waals surface area contributed by atoms with Crippen molar-refractivity contribution in [3.05, 3.63) is 58.3 Å². The standard InChI is InChI=1S/C21H21ClN2O5S/c1-13-6-7-15(12-18(13)30(26,27)24-8-10-28-11-9-24)23-21(25)19-14(2)16-4-3-5-17(22)20(16)29-19/h3-7,12H,8-11H2,1-2H3,(H,23,25). The predicted molar refractivity (Wildman–Crippen MR) is 115 cm³/mol. The summed E-state index contributed by atoms with van der Waals surface area (Å²) in [6.45, 7) is 4.84. The summed E-state index contributed by atoms with van der Waals surface area (Å²) in [4.78, 5) is 13.0. The van der Waals surface area contributed by atoms with Crippen LogP contribution in [0.1, 0.15) is 21.7 Å². The van der Waals surface area contributed by atoms with E-state index < -0.39 is 15.9 Å². The number of nitrogens with zero attached hydrogens (tertiary/aromatic N) is 1. The van der Waals surface area contributed by atoms with Gasteiger partial charge in [0.15, 0.2) is 11.3 Å². The molecule has 9 heteroatoms. The number of furan rings is 1. The summed E-state index contributed by atoms with van der Waals surface area (Å²) >= 11 is 6.16. The van der Waals surface area contributed by atoms with Gasteiger partial charge in [-0.15, -0.1) is 0 Å². The highest BCUT2D eigenvalue weighted by molar-refractivity contribution is 7.89. The van der Waals surface area contributed by atoms with E-state index in [9.17, 15) is 13.2 Å². The summed E-state index contributed by atoms with van der Waals surface area (Å²) in [7, 11) is -3.69. The maximum absolute atomic E-state index is 13.0. The molecule has 2 heterocycles. The maximum Gasteiger partial charge on any atom is 0.291 e. The molecular formula is C21H21ClN2O5S. The number of halogens is 1. The number of fused-ring (bicyclic) bond motifs is 1. The predicted octanol–water partition coefficient (Wildman–Crippen LogP) is 3.98. The van der Waals surface area contributed by atoms with E-state index >= 15 is 0 Å². The number of benzene rings is 2. The van der Waals surface area contributed by atoms with Gasteiger partial charge in [-0.2, -0.15) is 4.31 Å². The van der Waals surface area contributed by atoms with Gasteiger partial charge in [-0.25, -0.2) is 8.42 Å². The van der Waals surface area contributed by atoms with E-state index in [2.05, 4.69) is 5.32 Å². The molecule has 1 fully saturated rings. The van der Waals surface area contributed by atoms with E-state index in [1.165, 1.54) is 10.4 Å². The van der Waals surface area contributed by atoms with Gasteiger partial charge in [-0.1, -0.05) is 29.8 Å². The molecule has 4 rings (SSSR count). The zero-order valence-corrected chi connectivity index (χ0v) is 18.1. The van der Waals surface area contributed by atoms with Gasteiger partial charge in [-0.3, -0.25) is 4.79 Å². The molecule has 0 spiro atoms. The fraction of sp³-hybridized carbons (Fsp3) is 0.286. The first kappa shape index (κ1) is 20.9. The number of morpholine rings is 1. The van der Waals surface area contributed by atoms with E-state index in [4.69, 9.17) is 20.8 Å². The minimum Gasteiger partial charge on any atom is -0.449 e. The molecule has 0 radical (unpaired) electrons. The fourth-order valence-corrected chi connectivity index (χ4v) is 5.37. The number of aryl methyl sites for hydroxylation is 2. The number of ether oxygens (including phenoxy) is 1. The smallest absolute Gasteiger partial charge is 0.291 e. The number of nitrogens with one attached hydrogen (secondary N) is 1. The van der Waals surface area contributed by atoms with Gasteiger partial charge in [0.1, 0.15) is 0 Å². The summed E-state index contributed by atoms with van der Waals surface area (Å²) in [5, 5.41) is 3.92. The number of sulfonamides is 1. The monoisotopic (exact) mass is 448 g/mol. The molecule has 3 aromatic rings. The third-order valence-corrected chi connectivity index (χ3v) is 7.49. The molecule has 7 nitrogen and oxygen atoms in total. The van der Waals surface area contributed by atoms with E-state index in [1.54, 1.807) is 38.1 Å². The van der Waals surface area contributed by atoms with Gasteiger partial charge in [0, 0.05) is 29.7 Å². The molecule has 1 amide bonds. The fourth-order valence-electron chi connectivity index (χ4n) is 3.50. The Bertz CT molecular complexity index is 1230. The van der Waals surface area contributed by atoms with Crippen LogP contribution in [-0.4, -0.2) is 44.9 Å². The van der Waals surface area contributed by atoms with E-state index in [-0.39, 0.29) is 10.7 Å². The number of hydrogen-bond donors (Lipinski definition) is 1. The highest BCUT2D eigenvalue weighted by atomic mass is 35.5. The number of amides is 1. The van der Waals surface area contributed by atoms with E-state index in [0.29, 0.717) is 53.7 Å². The van der Waals surface area contributed by atoms with Gasteiger partial charge >= 0.3 is 0 Å². The molecule has 30 heavy (non-hydrogen) atoms.